The van der Waals surface area contributed by atoms with E-state index in [-0.39, 0.29) is 12.2 Å². The molecule has 2 amide bonds. The van der Waals surface area contributed by atoms with Gasteiger partial charge in [-0.25, -0.2) is 4.79 Å². The van der Waals surface area contributed by atoms with E-state index in [2.05, 4.69) is 17.6 Å². The number of rotatable bonds is 5. The molecule has 5 heteroatoms. The highest BCUT2D eigenvalue weighted by Crippen LogP contribution is 2.13. The molecule has 1 fully saturated rings. The number of carbonyl (C=O) groups excluding carboxylic acids is 1. The van der Waals surface area contributed by atoms with E-state index >= 15 is 0 Å². The Morgan fingerprint density at radius 2 is 2.12 bits per heavy atom. The first-order chi connectivity index (χ1) is 8.13. The van der Waals surface area contributed by atoms with Crippen LogP contribution in [0.1, 0.15) is 33.1 Å². The van der Waals surface area contributed by atoms with Gasteiger partial charge in [0.05, 0.1) is 6.17 Å². The van der Waals surface area contributed by atoms with Crippen molar-refractivity contribution in [2.45, 2.75) is 39.3 Å². The molecule has 1 aliphatic heterocycles. The average Bonchev–Trinajstić information content (AvgIpc) is 2.36. The van der Waals surface area contributed by atoms with E-state index in [9.17, 15) is 4.79 Å². The van der Waals surface area contributed by atoms with Crippen LogP contribution in [0.5, 0.6) is 0 Å². The Balaban J connectivity index is 2.15. The van der Waals surface area contributed by atoms with Crippen molar-refractivity contribution in [1.82, 2.24) is 10.6 Å². The fourth-order valence-corrected chi connectivity index (χ4v) is 1.79. The molecule has 0 aromatic rings. The standard InChI is InChI=1S/C12H25N3O2/c1-3-9(2)11(13)15-12(16)14-8-10-4-6-17-7-5-10/h9-11H,3-8,13H2,1-2H3,(H2,14,15,16)/t9?,11-/m1/s1. The van der Waals surface area contributed by atoms with Crippen LogP contribution < -0.4 is 16.4 Å². The number of ether oxygens (including phenoxy) is 1. The summed E-state index contributed by atoms with van der Waals surface area (Å²) in [4.78, 5) is 11.6. The second kappa shape index (κ2) is 7.50. The van der Waals surface area contributed by atoms with Crippen molar-refractivity contribution in [3.8, 4) is 0 Å². The SMILES string of the molecule is CCC(C)[C@H](N)NC(=O)NCC1CCOCC1. The van der Waals surface area contributed by atoms with Crippen molar-refractivity contribution in [1.29, 1.82) is 0 Å². The Hall–Kier alpha value is -0.810. The second-order valence-electron chi connectivity index (χ2n) is 4.82. The van der Waals surface area contributed by atoms with E-state index in [0.717, 1.165) is 32.5 Å². The van der Waals surface area contributed by atoms with Crippen LogP contribution in [-0.2, 0) is 4.74 Å². The van der Waals surface area contributed by atoms with Crippen molar-refractivity contribution in [3.05, 3.63) is 0 Å². The van der Waals surface area contributed by atoms with Crippen LogP contribution in [0.3, 0.4) is 0 Å². The van der Waals surface area contributed by atoms with Gasteiger partial charge in [0.25, 0.3) is 0 Å². The van der Waals surface area contributed by atoms with Crippen molar-refractivity contribution < 1.29 is 9.53 Å². The summed E-state index contributed by atoms with van der Waals surface area (Å²) in [5.74, 6) is 0.832. The molecule has 100 valence electrons. The third-order valence-electron chi connectivity index (χ3n) is 3.45. The molecule has 4 N–H and O–H groups in total. The normalized spacial score (nSPS) is 20.6. The largest absolute Gasteiger partial charge is 0.381 e. The van der Waals surface area contributed by atoms with Gasteiger partial charge in [-0.3, -0.25) is 0 Å². The highest BCUT2D eigenvalue weighted by Gasteiger charge is 2.16. The number of hydrogen-bond donors (Lipinski definition) is 3. The van der Waals surface area contributed by atoms with E-state index in [1.165, 1.54) is 0 Å². The number of carbonyl (C=O) groups is 1. The van der Waals surface area contributed by atoms with Gasteiger partial charge in [-0.15, -0.1) is 0 Å². The third-order valence-corrected chi connectivity index (χ3v) is 3.45. The second-order valence-corrected chi connectivity index (χ2v) is 4.82. The van der Waals surface area contributed by atoms with Crippen molar-refractivity contribution >= 4 is 6.03 Å². The summed E-state index contributed by atoms with van der Waals surface area (Å²) < 4.78 is 5.27. The highest BCUT2D eigenvalue weighted by atomic mass is 16.5. The number of nitrogens with one attached hydrogen (secondary N) is 2. The minimum absolute atomic E-state index is 0.163. The summed E-state index contributed by atoms with van der Waals surface area (Å²) in [6, 6.07) is -0.163. The fraction of sp³-hybridized carbons (Fsp3) is 0.917. The number of nitrogens with two attached hydrogens (primary N) is 1. The Bertz CT molecular complexity index is 230. The van der Waals surface area contributed by atoms with E-state index in [0.29, 0.717) is 18.4 Å². The van der Waals surface area contributed by atoms with Gasteiger partial charge in [-0.2, -0.15) is 0 Å². The Morgan fingerprint density at radius 3 is 2.71 bits per heavy atom. The van der Waals surface area contributed by atoms with Crippen LogP contribution in [0.25, 0.3) is 0 Å². The lowest BCUT2D eigenvalue weighted by molar-refractivity contribution is 0.0668. The summed E-state index contributed by atoms with van der Waals surface area (Å²) in [7, 11) is 0. The number of urea groups is 1. The molecule has 0 radical (unpaired) electrons. The summed E-state index contributed by atoms with van der Waals surface area (Å²) in [5.41, 5.74) is 5.85. The van der Waals surface area contributed by atoms with Crippen LogP contribution in [-0.4, -0.2) is 32.0 Å². The molecule has 1 aliphatic rings. The zero-order valence-electron chi connectivity index (χ0n) is 10.9. The lowest BCUT2D eigenvalue weighted by atomic mass is 10.0. The minimum Gasteiger partial charge on any atom is -0.381 e. The molecular weight excluding hydrogens is 218 g/mol. The van der Waals surface area contributed by atoms with Gasteiger partial charge in [-0.05, 0) is 24.7 Å². The Morgan fingerprint density at radius 1 is 1.47 bits per heavy atom. The Kier molecular flexibility index (Phi) is 6.29. The van der Waals surface area contributed by atoms with Crippen molar-refractivity contribution in [2.24, 2.45) is 17.6 Å². The lowest BCUT2D eigenvalue weighted by Gasteiger charge is -2.24. The van der Waals surface area contributed by atoms with Crippen LogP contribution in [0.4, 0.5) is 4.79 Å². The van der Waals surface area contributed by atoms with Crippen LogP contribution in [0.15, 0.2) is 0 Å². The molecule has 2 atom stereocenters. The predicted molar refractivity (Wildman–Crippen MR) is 67.5 cm³/mol. The van der Waals surface area contributed by atoms with E-state index < -0.39 is 0 Å². The Labute approximate surface area is 103 Å². The third kappa shape index (κ3) is 5.37. The molecule has 17 heavy (non-hydrogen) atoms. The summed E-state index contributed by atoms with van der Waals surface area (Å²) in [6.45, 7) is 6.42. The quantitative estimate of drug-likeness (QED) is 0.632. The minimum atomic E-state index is -0.269. The first kappa shape index (κ1) is 14.3. The van der Waals surface area contributed by atoms with Gasteiger partial charge in [0.2, 0.25) is 0 Å². The molecule has 0 bridgehead atoms. The molecule has 1 saturated heterocycles. The number of amides is 2. The van der Waals surface area contributed by atoms with Crippen LogP contribution in [0, 0.1) is 11.8 Å². The molecule has 0 aromatic carbocycles. The number of hydrogen-bond acceptors (Lipinski definition) is 3. The first-order valence-electron chi connectivity index (χ1n) is 6.51. The molecular formula is C12H25N3O2. The van der Waals surface area contributed by atoms with Gasteiger partial charge >= 0.3 is 6.03 Å². The van der Waals surface area contributed by atoms with E-state index in [4.69, 9.17) is 10.5 Å². The molecule has 1 heterocycles. The zero-order chi connectivity index (χ0) is 12.7. The smallest absolute Gasteiger partial charge is 0.316 e. The van der Waals surface area contributed by atoms with Gasteiger partial charge in [0, 0.05) is 19.8 Å². The maximum Gasteiger partial charge on any atom is 0.316 e. The lowest BCUT2D eigenvalue weighted by Crippen LogP contribution is -2.50. The molecule has 1 rings (SSSR count). The van der Waals surface area contributed by atoms with Gasteiger partial charge in [-0.1, -0.05) is 20.3 Å². The molecule has 0 spiro atoms. The van der Waals surface area contributed by atoms with Gasteiger partial charge in [0.1, 0.15) is 0 Å². The molecule has 0 aromatic heterocycles. The predicted octanol–water partition coefficient (Wildman–Crippen LogP) is 1.04. The maximum absolute atomic E-state index is 11.6. The highest BCUT2D eigenvalue weighted by molar-refractivity contribution is 5.74. The van der Waals surface area contributed by atoms with Crippen LogP contribution >= 0.6 is 0 Å². The van der Waals surface area contributed by atoms with E-state index in [1.807, 2.05) is 6.92 Å². The van der Waals surface area contributed by atoms with Crippen LogP contribution in [0.2, 0.25) is 0 Å². The molecule has 0 saturated carbocycles. The first-order valence-corrected chi connectivity index (χ1v) is 6.51. The molecule has 1 unspecified atom stereocenters. The zero-order valence-corrected chi connectivity index (χ0v) is 10.9. The van der Waals surface area contributed by atoms with Crippen molar-refractivity contribution in [3.63, 3.8) is 0 Å². The molecule has 5 nitrogen and oxygen atoms in total. The summed E-state index contributed by atoms with van der Waals surface area (Å²) in [5, 5.41) is 5.64. The topological polar surface area (TPSA) is 76.4 Å². The van der Waals surface area contributed by atoms with Crippen molar-refractivity contribution in [2.75, 3.05) is 19.8 Å². The fourth-order valence-electron chi connectivity index (χ4n) is 1.79. The average molecular weight is 243 g/mol. The van der Waals surface area contributed by atoms with E-state index in [1.54, 1.807) is 0 Å². The molecule has 0 aliphatic carbocycles. The monoisotopic (exact) mass is 243 g/mol. The summed E-state index contributed by atoms with van der Waals surface area (Å²) >= 11 is 0. The summed E-state index contributed by atoms with van der Waals surface area (Å²) in [6.07, 6.45) is 2.74. The van der Waals surface area contributed by atoms with Gasteiger partial charge < -0.3 is 21.1 Å². The van der Waals surface area contributed by atoms with Gasteiger partial charge in [0.15, 0.2) is 0 Å². The maximum atomic E-state index is 11.6.